The van der Waals surface area contributed by atoms with Gasteiger partial charge in [-0.2, -0.15) is 0 Å². The maximum Gasteiger partial charge on any atom is 0.130 e. The van der Waals surface area contributed by atoms with Crippen molar-refractivity contribution in [2.75, 3.05) is 0 Å². The first-order chi connectivity index (χ1) is 15.6. The molecule has 2 aliphatic rings. The lowest BCUT2D eigenvalue weighted by atomic mass is 9.83. The van der Waals surface area contributed by atoms with Gasteiger partial charge in [0, 0.05) is 5.56 Å². The lowest BCUT2D eigenvalue weighted by molar-refractivity contribution is 0.298. The molecule has 0 saturated heterocycles. The third kappa shape index (κ3) is 2.51. The van der Waals surface area contributed by atoms with Gasteiger partial charge in [-0.05, 0) is 78.3 Å². The van der Waals surface area contributed by atoms with Gasteiger partial charge in [0.15, 0.2) is 0 Å². The number of nitrogens with one attached hydrogen (secondary N) is 2. The Balaban J connectivity index is 1.30. The van der Waals surface area contributed by atoms with Crippen molar-refractivity contribution in [1.82, 2.24) is 19.9 Å². The quantitative estimate of drug-likeness (QED) is 0.356. The Morgan fingerprint density at radius 3 is 2.47 bits per heavy atom. The third-order valence-corrected chi connectivity index (χ3v) is 6.76. The molecule has 5 aromatic rings. The predicted octanol–water partition coefficient (Wildman–Crippen LogP) is 5.89. The van der Waals surface area contributed by atoms with Crippen LogP contribution in [0.4, 0.5) is 0 Å². The van der Waals surface area contributed by atoms with Crippen LogP contribution < -0.4 is 4.74 Å². The average Bonchev–Trinajstić information content (AvgIpc) is 3.39. The van der Waals surface area contributed by atoms with Gasteiger partial charge in [-0.1, -0.05) is 30.3 Å². The highest BCUT2D eigenvalue weighted by Gasteiger charge is 2.23. The van der Waals surface area contributed by atoms with Crippen LogP contribution in [-0.2, 0) is 19.4 Å². The van der Waals surface area contributed by atoms with Crippen molar-refractivity contribution in [3.05, 3.63) is 77.0 Å². The molecule has 0 unspecified atom stereocenters. The fourth-order valence-corrected chi connectivity index (χ4v) is 5.30. The Kier molecular flexibility index (Phi) is 3.52. The molecule has 0 fully saturated rings. The summed E-state index contributed by atoms with van der Waals surface area (Å²) in [7, 11) is 0. The second kappa shape index (κ2) is 6.33. The van der Waals surface area contributed by atoms with E-state index in [2.05, 4.69) is 63.5 Å². The maximum atomic E-state index is 6.05. The topological polar surface area (TPSA) is 66.6 Å². The average molecular weight is 419 g/mol. The second-order valence-electron chi connectivity index (χ2n) is 8.83. The van der Waals surface area contributed by atoms with Gasteiger partial charge in [-0.25, -0.2) is 9.97 Å². The predicted molar refractivity (Wildman–Crippen MR) is 126 cm³/mol. The molecular formula is C27H22N4O. The van der Waals surface area contributed by atoms with Crippen LogP contribution in [0.15, 0.2) is 48.5 Å². The van der Waals surface area contributed by atoms with Gasteiger partial charge in [-0.3, -0.25) is 0 Å². The standard InChI is InChI=1S/C27H22N4O/c1-14-28-23-10-9-20-19-6-3-16(11-18(19)5-7-21(20)26(23)30-14)17-4-8-22-25(12-17)32-13-24-27(22)31-15(2)29-24/h3-4,6,8-12H,5,7,13H2,1-2H3,(H,28,30)(H,29,31). The molecule has 5 nitrogen and oxygen atoms in total. The molecule has 3 aromatic carbocycles. The maximum absolute atomic E-state index is 6.05. The zero-order valence-electron chi connectivity index (χ0n) is 18.0. The first-order valence-corrected chi connectivity index (χ1v) is 11.1. The molecule has 2 N–H and O–H groups in total. The number of hydrogen-bond donors (Lipinski definition) is 2. The third-order valence-electron chi connectivity index (χ3n) is 6.76. The van der Waals surface area contributed by atoms with E-state index in [-0.39, 0.29) is 0 Å². The zero-order chi connectivity index (χ0) is 21.4. The second-order valence-corrected chi connectivity index (χ2v) is 8.83. The molecule has 156 valence electrons. The molecule has 0 amide bonds. The SMILES string of the molecule is Cc1nc2c([nH]1)COc1cc(-c3ccc4c(c3)CCc3c-4ccc4[nH]c(C)nc34)ccc1-2. The summed E-state index contributed by atoms with van der Waals surface area (Å²) in [5, 5.41) is 0. The number of H-pyrrole nitrogens is 2. The molecule has 0 bridgehead atoms. The number of nitrogens with zero attached hydrogens (tertiary/aromatic N) is 2. The van der Waals surface area contributed by atoms with Crippen molar-refractivity contribution in [1.29, 1.82) is 0 Å². The number of fused-ring (bicyclic) bond motifs is 8. The van der Waals surface area contributed by atoms with Crippen molar-refractivity contribution in [2.45, 2.75) is 33.3 Å². The van der Waals surface area contributed by atoms with E-state index in [1.807, 2.05) is 13.8 Å². The number of rotatable bonds is 1. The van der Waals surface area contributed by atoms with Gasteiger partial charge in [0.1, 0.15) is 24.0 Å². The highest BCUT2D eigenvalue weighted by molar-refractivity contribution is 5.90. The van der Waals surface area contributed by atoms with Gasteiger partial charge in [0.25, 0.3) is 0 Å². The molecule has 3 heterocycles. The highest BCUT2D eigenvalue weighted by Crippen LogP contribution is 2.41. The summed E-state index contributed by atoms with van der Waals surface area (Å²) in [6.07, 6.45) is 2.04. The molecule has 0 radical (unpaired) electrons. The lowest BCUT2D eigenvalue weighted by Gasteiger charge is -2.22. The first kappa shape index (κ1) is 17.8. The summed E-state index contributed by atoms with van der Waals surface area (Å²) in [4.78, 5) is 16.1. The van der Waals surface area contributed by atoms with Crippen LogP contribution in [-0.4, -0.2) is 19.9 Å². The lowest BCUT2D eigenvalue weighted by Crippen LogP contribution is -2.06. The molecule has 32 heavy (non-hydrogen) atoms. The van der Waals surface area contributed by atoms with Gasteiger partial charge < -0.3 is 14.7 Å². The normalized spacial score (nSPS) is 13.8. The molecule has 1 aliphatic heterocycles. The highest BCUT2D eigenvalue weighted by atomic mass is 16.5. The van der Waals surface area contributed by atoms with Crippen LogP contribution in [0.1, 0.15) is 28.5 Å². The Morgan fingerprint density at radius 1 is 0.781 bits per heavy atom. The van der Waals surface area contributed by atoms with Crippen molar-refractivity contribution in [2.24, 2.45) is 0 Å². The Bertz CT molecular complexity index is 1560. The van der Waals surface area contributed by atoms with Gasteiger partial charge >= 0.3 is 0 Å². The Morgan fingerprint density at radius 2 is 1.56 bits per heavy atom. The van der Waals surface area contributed by atoms with Gasteiger partial charge in [0.05, 0.1) is 22.4 Å². The molecule has 2 aromatic heterocycles. The smallest absolute Gasteiger partial charge is 0.130 e. The molecule has 0 saturated carbocycles. The molecule has 0 atom stereocenters. The van der Waals surface area contributed by atoms with Crippen LogP contribution in [0.25, 0.3) is 44.5 Å². The van der Waals surface area contributed by atoms with E-state index in [1.54, 1.807) is 0 Å². The van der Waals surface area contributed by atoms with E-state index in [1.165, 1.54) is 33.4 Å². The molecular weight excluding hydrogens is 396 g/mol. The zero-order valence-corrected chi connectivity index (χ0v) is 18.0. The molecule has 0 spiro atoms. The van der Waals surface area contributed by atoms with Crippen LogP contribution in [0.5, 0.6) is 5.75 Å². The largest absolute Gasteiger partial charge is 0.487 e. The number of benzene rings is 3. The van der Waals surface area contributed by atoms with Crippen LogP contribution in [0, 0.1) is 13.8 Å². The molecule has 1 aliphatic carbocycles. The summed E-state index contributed by atoms with van der Waals surface area (Å²) in [6, 6.07) is 17.7. The minimum absolute atomic E-state index is 0.536. The minimum Gasteiger partial charge on any atom is -0.487 e. The van der Waals surface area contributed by atoms with E-state index in [0.717, 1.165) is 58.2 Å². The summed E-state index contributed by atoms with van der Waals surface area (Å²) in [5.41, 5.74) is 13.2. The molecule has 5 heteroatoms. The van der Waals surface area contributed by atoms with Crippen molar-refractivity contribution < 1.29 is 4.74 Å². The molecule has 7 rings (SSSR count). The number of aryl methyl sites for hydroxylation is 4. The summed E-state index contributed by atoms with van der Waals surface area (Å²) < 4.78 is 6.05. The van der Waals surface area contributed by atoms with Crippen LogP contribution in [0.2, 0.25) is 0 Å². The number of aromatic nitrogens is 4. The Labute approximate surface area is 185 Å². The van der Waals surface area contributed by atoms with Gasteiger partial charge in [0.2, 0.25) is 0 Å². The number of ether oxygens (including phenoxy) is 1. The van der Waals surface area contributed by atoms with Crippen LogP contribution in [0.3, 0.4) is 0 Å². The Hall–Kier alpha value is -3.86. The summed E-state index contributed by atoms with van der Waals surface area (Å²) in [5.74, 6) is 2.80. The van der Waals surface area contributed by atoms with E-state index >= 15 is 0 Å². The van der Waals surface area contributed by atoms with Crippen molar-refractivity contribution in [3.8, 4) is 39.3 Å². The van der Waals surface area contributed by atoms with E-state index in [4.69, 9.17) is 9.72 Å². The number of aromatic amines is 2. The minimum atomic E-state index is 0.536. The number of hydrogen-bond acceptors (Lipinski definition) is 3. The summed E-state index contributed by atoms with van der Waals surface area (Å²) in [6.45, 7) is 4.54. The van der Waals surface area contributed by atoms with E-state index in [0.29, 0.717) is 6.61 Å². The van der Waals surface area contributed by atoms with E-state index in [9.17, 15) is 0 Å². The van der Waals surface area contributed by atoms with Crippen molar-refractivity contribution in [3.63, 3.8) is 0 Å². The summed E-state index contributed by atoms with van der Waals surface area (Å²) >= 11 is 0. The fourth-order valence-electron chi connectivity index (χ4n) is 5.30. The number of imidazole rings is 2. The van der Waals surface area contributed by atoms with Crippen LogP contribution >= 0.6 is 0 Å². The van der Waals surface area contributed by atoms with E-state index < -0.39 is 0 Å². The fraction of sp³-hybridized carbons (Fsp3) is 0.185. The monoisotopic (exact) mass is 418 g/mol. The van der Waals surface area contributed by atoms with Crippen molar-refractivity contribution >= 4 is 11.0 Å². The first-order valence-electron chi connectivity index (χ1n) is 11.1. The van der Waals surface area contributed by atoms with Gasteiger partial charge in [-0.15, -0.1) is 0 Å².